The van der Waals surface area contributed by atoms with Crippen LogP contribution in [0.15, 0.2) is 27.8 Å². The van der Waals surface area contributed by atoms with Crippen molar-refractivity contribution in [2.75, 3.05) is 0 Å². The summed E-state index contributed by atoms with van der Waals surface area (Å²) in [6.07, 6.45) is 1.12. The van der Waals surface area contributed by atoms with Crippen molar-refractivity contribution in [2.45, 2.75) is 6.42 Å². The number of carbonyl (C=O) groups is 1. The van der Waals surface area contributed by atoms with Crippen molar-refractivity contribution in [1.29, 1.82) is 0 Å². The maximum Gasteiger partial charge on any atom is 0.169 e. The van der Waals surface area contributed by atoms with E-state index in [1.54, 1.807) is 12.1 Å². The van der Waals surface area contributed by atoms with Crippen LogP contribution in [0.2, 0.25) is 0 Å². The Balaban J connectivity index is 2.76. The van der Waals surface area contributed by atoms with E-state index in [9.17, 15) is 4.79 Å². The van der Waals surface area contributed by atoms with Crippen molar-refractivity contribution in [3.8, 4) is 0 Å². The highest BCUT2D eigenvalue weighted by Crippen LogP contribution is 2.21. The predicted octanol–water partition coefficient (Wildman–Crippen LogP) is 2.64. The van der Waals surface area contributed by atoms with Gasteiger partial charge in [0, 0.05) is 6.42 Å². The lowest BCUT2D eigenvalue weighted by atomic mass is 10.2. The first-order valence-electron chi connectivity index (χ1n) is 3.11. The molecule has 11 heavy (non-hydrogen) atoms. The number of rotatable bonds is 3. The summed E-state index contributed by atoms with van der Waals surface area (Å²) in [5.74, 6) is 0.656. The maximum atomic E-state index is 10.1. The van der Waals surface area contributed by atoms with Crippen LogP contribution in [-0.4, -0.2) is 6.29 Å². The Hall–Kier alpha value is -0.830. The second-order valence-electron chi connectivity index (χ2n) is 2.08. The number of furan rings is 1. The van der Waals surface area contributed by atoms with Crippen LogP contribution in [-0.2, 0) is 4.79 Å². The molecule has 1 heterocycles. The number of halogens is 1. The summed E-state index contributed by atoms with van der Waals surface area (Å²) in [5.41, 5.74) is 0.700. The van der Waals surface area contributed by atoms with Gasteiger partial charge in [0.15, 0.2) is 4.67 Å². The minimum atomic E-state index is 0.319. The van der Waals surface area contributed by atoms with Gasteiger partial charge in [-0.1, -0.05) is 6.58 Å². The average molecular weight is 215 g/mol. The highest BCUT2D eigenvalue weighted by atomic mass is 79.9. The largest absolute Gasteiger partial charge is 0.450 e. The van der Waals surface area contributed by atoms with E-state index in [1.165, 1.54) is 0 Å². The molecule has 1 aromatic rings. The molecule has 0 amide bonds. The molecule has 0 aromatic carbocycles. The van der Waals surface area contributed by atoms with E-state index >= 15 is 0 Å². The van der Waals surface area contributed by atoms with Crippen LogP contribution in [0, 0.1) is 0 Å². The third-order valence-corrected chi connectivity index (χ3v) is 1.68. The van der Waals surface area contributed by atoms with E-state index in [2.05, 4.69) is 22.5 Å². The van der Waals surface area contributed by atoms with E-state index in [0.717, 1.165) is 6.29 Å². The van der Waals surface area contributed by atoms with Crippen LogP contribution in [0.5, 0.6) is 0 Å². The number of aldehydes is 1. The standard InChI is InChI=1S/C8H7BrO2/c1-6(4-5-10)7-2-3-8(9)11-7/h2-3,5H,1,4H2. The highest BCUT2D eigenvalue weighted by molar-refractivity contribution is 9.10. The summed E-state index contributed by atoms with van der Waals surface area (Å²) in [5, 5.41) is 0. The summed E-state index contributed by atoms with van der Waals surface area (Å²) in [7, 11) is 0. The minimum absolute atomic E-state index is 0.319. The second kappa shape index (κ2) is 3.53. The molecular formula is C8H7BrO2. The Bertz CT molecular complexity index is 275. The molecule has 0 saturated heterocycles. The molecule has 0 fully saturated rings. The monoisotopic (exact) mass is 214 g/mol. The maximum absolute atomic E-state index is 10.1. The van der Waals surface area contributed by atoms with Gasteiger partial charge in [0.05, 0.1) is 0 Å². The van der Waals surface area contributed by atoms with Crippen LogP contribution in [0.25, 0.3) is 5.57 Å². The Labute approximate surface area is 73.0 Å². The molecule has 0 aliphatic carbocycles. The predicted molar refractivity (Wildman–Crippen MR) is 46.1 cm³/mol. The van der Waals surface area contributed by atoms with Crippen molar-refractivity contribution in [2.24, 2.45) is 0 Å². The third kappa shape index (κ3) is 2.05. The molecule has 0 aliphatic rings. The van der Waals surface area contributed by atoms with E-state index in [4.69, 9.17) is 4.42 Å². The van der Waals surface area contributed by atoms with Crippen LogP contribution in [0.3, 0.4) is 0 Å². The number of allylic oxidation sites excluding steroid dienone is 1. The summed E-state index contributed by atoms with van der Waals surface area (Å²) < 4.78 is 5.81. The molecule has 0 spiro atoms. The summed E-state index contributed by atoms with van der Waals surface area (Å²) in [6.45, 7) is 3.68. The van der Waals surface area contributed by atoms with Crippen LogP contribution >= 0.6 is 15.9 Å². The smallest absolute Gasteiger partial charge is 0.169 e. The van der Waals surface area contributed by atoms with Crippen LogP contribution < -0.4 is 0 Å². The Morgan fingerprint density at radius 1 is 1.73 bits per heavy atom. The fourth-order valence-corrected chi connectivity index (χ4v) is 1.01. The van der Waals surface area contributed by atoms with Gasteiger partial charge in [-0.15, -0.1) is 0 Å². The van der Waals surface area contributed by atoms with E-state index in [1.807, 2.05) is 0 Å². The van der Waals surface area contributed by atoms with Gasteiger partial charge in [-0.25, -0.2) is 0 Å². The molecule has 0 atom stereocenters. The van der Waals surface area contributed by atoms with Crippen LogP contribution in [0.1, 0.15) is 12.2 Å². The molecule has 1 aromatic heterocycles. The zero-order chi connectivity index (χ0) is 8.27. The van der Waals surface area contributed by atoms with E-state index in [0.29, 0.717) is 22.4 Å². The molecule has 0 bridgehead atoms. The molecule has 0 radical (unpaired) electrons. The van der Waals surface area contributed by atoms with Crippen molar-refractivity contribution in [3.05, 3.63) is 29.1 Å². The lowest BCUT2D eigenvalue weighted by Crippen LogP contribution is -1.79. The average Bonchev–Trinajstić information content (AvgIpc) is 2.36. The van der Waals surface area contributed by atoms with E-state index < -0.39 is 0 Å². The fraction of sp³-hybridized carbons (Fsp3) is 0.125. The molecule has 0 saturated carbocycles. The zero-order valence-corrected chi connectivity index (χ0v) is 7.43. The molecule has 0 N–H and O–H groups in total. The second-order valence-corrected chi connectivity index (χ2v) is 2.86. The molecule has 3 heteroatoms. The lowest BCUT2D eigenvalue weighted by Gasteiger charge is -1.93. The van der Waals surface area contributed by atoms with Gasteiger partial charge in [-0.05, 0) is 33.6 Å². The van der Waals surface area contributed by atoms with Crippen LogP contribution in [0.4, 0.5) is 0 Å². The Morgan fingerprint density at radius 2 is 2.45 bits per heavy atom. The quantitative estimate of drug-likeness (QED) is 0.725. The summed E-state index contributed by atoms with van der Waals surface area (Å²) in [4.78, 5) is 10.1. The van der Waals surface area contributed by atoms with Gasteiger partial charge in [0.2, 0.25) is 0 Å². The van der Waals surface area contributed by atoms with Crippen molar-refractivity contribution in [1.82, 2.24) is 0 Å². The van der Waals surface area contributed by atoms with Gasteiger partial charge in [0.25, 0.3) is 0 Å². The third-order valence-electron chi connectivity index (χ3n) is 1.25. The first-order valence-corrected chi connectivity index (χ1v) is 3.90. The molecule has 2 nitrogen and oxygen atoms in total. The topological polar surface area (TPSA) is 30.2 Å². The molecule has 0 unspecified atom stereocenters. The van der Waals surface area contributed by atoms with Gasteiger partial charge in [0.1, 0.15) is 12.0 Å². The first kappa shape index (κ1) is 8.27. The summed E-state index contributed by atoms with van der Waals surface area (Å²) >= 11 is 3.16. The normalized spacial score (nSPS) is 9.55. The Kier molecular flexibility index (Phi) is 2.65. The molecule has 0 aliphatic heterocycles. The van der Waals surface area contributed by atoms with Crippen molar-refractivity contribution in [3.63, 3.8) is 0 Å². The van der Waals surface area contributed by atoms with Crippen molar-refractivity contribution >= 4 is 27.8 Å². The fourth-order valence-electron chi connectivity index (χ4n) is 0.705. The Morgan fingerprint density at radius 3 is 2.91 bits per heavy atom. The molecular weight excluding hydrogens is 208 g/mol. The van der Waals surface area contributed by atoms with Crippen molar-refractivity contribution < 1.29 is 9.21 Å². The number of carbonyl (C=O) groups excluding carboxylic acids is 1. The SMILES string of the molecule is C=C(CC=O)c1ccc(Br)o1. The number of hydrogen-bond donors (Lipinski definition) is 0. The van der Waals surface area contributed by atoms with Gasteiger partial charge in [-0.2, -0.15) is 0 Å². The van der Waals surface area contributed by atoms with Gasteiger partial charge >= 0.3 is 0 Å². The highest BCUT2D eigenvalue weighted by Gasteiger charge is 2.02. The van der Waals surface area contributed by atoms with Gasteiger partial charge < -0.3 is 9.21 Å². The van der Waals surface area contributed by atoms with Gasteiger partial charge in [-0.3, -0.25) is 0 Å². The zero-order valence-electron chi connectivity index (χ0n) is 5.84. The number of hydrogen-bond acceptors (Lipinski definition) is 2. The summed E-state index contributed by atoms with van der Waals surface area (Å²) in [6, 6.07) is 3.54. The first-order chi connectivity index (χ1) is 5.24. The molecule has 58 valence electrons. The minimum Gasteiger partial charge on any atom is -0.450 e. The lowest BCUT2D eigenvalue weighted by molar-refractivity contribution is -0.107. The molecule has 1 rings (SSSR count). The van der Waals surface area contributed by atoms with E-state index in [-0.39, 0.29) is 0 Å².